The van der Waals surface area contributed by atoms with E-state index < -0.39 is 11.9 Å². The summed E-state index contributed by atoms with van der Waals surface area (Å²) < 4.78 is 0. The Morgan fingerprint density at radius 3 is 2.88 bits per heavy atom. The topological polar surface area (TPSA) is 92.9 Å². The van der Waals surface area contributed by atoms with E-state index in [-0.39, 0.29) is 0 Å². The number of carbonyl (C=O) groups is 1. The Kier molecular flexibility index (Phi) is 4.04. The predicted octanol–water partition coefficient (Wildman–Crippen LogP) is 0.503. The van der Waals surface area contributed by atoms with Crippen molar-refractivity contribution in [3.8, 4) is 0 Å². The summed E-state index contributed by atoms with van der Waals surface area (Å²) in [6, 6.07) is -0.455. The van der Waals surface area contributed by atoms with E-state index in [9.17, 15) is 4.79 Å². The van der Waals surface area contributed by atoms with Crippen molar-refractivity contribution in [1.29, 1.82) is 0 Å². The largest absolute Gasteiger partial charge is 0.368 e. The summed E-state index contributed by atoms with van der Waals surface area (Å²) in [6.45, 7) is 6.26. The standard InChI is InChI=1S/C10H17N5O/c1-4-12-10-13-5-6(2)9(15-10)14-7(3)8(11)16/h5,7H,4H2,1-3H3,(H2,11,16)(H2,12,13,14,15). The molecule has 1 aromatic rings. The van der Waals surface area contributed by atoms with Gasteiger partial charge in [-0.1, -0.05) is 0 Å². The molecular weight excluding hydrogens is 206 g/mol. The number of nitrogens with zero attached hydrogens (tertiary/aromatic N) is 2. The second kappa shape index (κ2) is 5.29. The van der Waals surface area contributed by atoms with Crippen LogP contribution in [0.25, 0.3) is 0 Å². The molecule has 0 radical (unpaired) electrons. The van der Waals surface area contributed by atoms with Crippen molar-refractivity contribution in [1.82, 2.24) is 9.97 Å². The van der Waals surface area contributed by atoms with Gasteiger partial charge in [0, 0.05) is 18.3 Å². The minimum absolute atomic E-state index is 0.414. The van der Waals surface area contributed by atoms with E-state index in [1.54, 1.807) is 13.1 Å². The van der Waals surface area contributed by atoms with Crippen LogP contribution in [0.5, 0.6) is 0 Å². The normalized spacial score (nSPS) is 11.9. The van der Waals surface area contributed by atoms with Gasteiger partial charge in [-0.05, 0) is 20.8 Å². The van der Waals surface area contributed by atoms with Gasteiger partial charge in [-0.3, -0.25) is 4.79 Å². The summed E-state index contributed by atoms with van der Waals surface area (Å²) in [7, 11) is 0. The fourth-order valence-corrected chi connectivity index (χ4v) is 1.11. The Morgan fingerprint density at radius 2 is 2.31 bits per heavy atom. The molecule has 1 aromatic heterocycles. The van der Waals surface area contributed by atoms with E-state index in [0.29, 0.717) is 11.8 Å². The molecule has 0 aromatic carbocycles. The van der Waals surface area contributed by atoms with E-state index in [0.717, 1.165) is 12.1 Å². The van der Waals surface area contributed by atoms with Crippen LogP contribution in [-0.4, -0.2) is 28.5 Å². The van der Waals surface area contributed by atoms with Crippen LogP contribution in [0.4, 0.5) is 11.8 Å². The highest BCUT2D eigenvalue weighted by Gasteiger charge is 2.11. The SMILES string of the molecule is CCNc1ncc(C)c(NC(C)C(N)=O)n1. The zero-order chi connectivity index (χ0) is 12.1. The maximum absolute atomic E-state index is 10.9. The van der Waals surface area contributed by atoms with Crippen molar-refractivity contribution >= 4 is 17.7 Å². The highest BCUT2D eigenvalue weighted by Crippen LogP contribution is 2.13. The van der Waals surface area contributed by atoms with Crippen LogP contribution in [-0.2, 0) is 4.79 Å². The van der Waals surface area contributed by atoms with Gasteiger partial charge in [0.2, 0.25) is 11.9 Å². The maximum atomic E-state index is 10.9. The quantitative estimate of drug-likeness (QED) is 0.676. The Morgan fingerprint density at radius 1 is 1.62 bits per heavy atom. The molecule has 6 heteroatoms. The van der Waals surface area contributed by atoms with Gasteiger partial charge in [0.25, 0.3) is 0 Å². The average molecular weight is 223 g/mol. The molecule has 4 N–H and O–H groups in total. The van der Waals surface area contributed by atoms with E-state index in [2.05, 4.69) is 20.6 Å². The smallest absolute Gasteiger partial charge is 0.239 e. The molecule has 1 rings (SSSR count). The van der Waals surface area contributed by atoms with Gasteiger partial charge in [0.15, 0.2) is 0 Å². The molecule has 0 saturated carbocycles. The van der Waals surface area contributed by atoms with Gasteiger partial charge < -0.3 is 16.4 Å². The molecule has 0 saturated heterocycles. The third-order valence-electron chi connectivity index (χ3n) is 2.09. The number of nitrogens with one attached hydrogen (secondary N) is 2. The fraction of sp³-hybridized carbons (Fsp3) is 0.500. The molecule has 0 bridgehead atoms. The van der Waals surface area contributed by atoms with E-state index in [1.807, 2.05) is 13.8 Å². The van der Waals surface area contributed by atoms with Gasteiger partial charge in [-0.15, -0.1) is 0 Å². The summed E-state index contributed by atoms with van der Waals surface area (Å²) >= 11 is 0. The average Bonchev–Trinajstić information content (AvgIpc) is 2.23. The second-order valence-electron chi connectivity index (χ2n) is 3.52. The Balaban J connectivity index is 2.85. The van der Waals surface area contributed by atoms with E-state index in [4.69, 9.17) is 5.73 Å². The molecule has 1 atom stereocenters. The highest BCUT2D eigenvalue weighted by atomic mass is 16.1. The van der Waals surface area contributed by atoms with Crippen LogP contribution in [0.2, 0.25) is 0 Å². The molecule has 0 aliphatic heterocycles. The Bertz CT molecular complexity index is 379. The summed E-state index contributed by atoms with van der Waals surface area (Å²) in [6.07, 6.45) is 1.70. The zero-order valence-corrected chi connectivity index (χ0v) is 9.74. The first-order valence-electron chi connectivity index (χ1n) is 5.18. The summed E-state index contributed by atoms with van der Waals surface area (Å²) in [5.74, 6) is 0.743. The Hall–Kier alpha value is -1.85. The van der Waals surface area contributed by atoms with E-state index >= 15 is 0 Å². The number of aryl methyl sites for hydroxylation is 1. The first kappa shape index (κ1) is 12.2. The predicted molar refractivity (Wildman–Crippen MR) is 63.2 cm³/mol. The number of rotatable bonds is 5. The van der Waals surface area contributed by atoms with Gasteiger partial charge in [0.1, 0.15) is 11.9 Å². The molecule has 0 fully saturated rings. The summed E-state index contributed by atoms with van der Waals surface area (Å²) in [5, 5.41) is 5.94. The second-order valence-corrected chi connectivity index (χ2v) is 3.52. The zero-order valence-electron chi connectivity index (χ0n) is 9.74. The van der Waals surface area contributed by atoms with Crippen LogP contribution < -0.4 is 16.4 Å². The number of aromatic nitrogens is 2. The number of anilines is 2. The molecule has 0 aliphatic rings. The number of hydrogen-bond acceptors (Lipinski definition) is 5. The monoisotopic (exact) mass is 223 g/mol. The van der Waals surface area contributed by atoms with Crippen LogP contribution in [0.1, 0.15) is 19.4 Å². The molecule has 1 amide bonds. The minimum atomic E-state index is -0.455. The van der Waals surface area contributed by atoms with Crippen LogP contribution in [0, 0.1) is 6.92 Å². The third kappa shape index (κ3) is 3.08. The summed E-state index contributed by atoms with van der Waals surface area (Å²) in [5.41, 5.74) is 6.04. The summed E-state index contributed by atoms with van der Waals surface area (Å²) in [4.78, 5) is 19.3. The molecule has 0 spiro atoms. The van der Waals surface area contributed by atoms with Crippen molar-refractivity contribution in [2.75, 3.05) is 17.2 Å². The molecule has 1 unspecified atom stereocenters. The molecular formula is C10H17N5O. The highest BCUT2D eigenvalue weighted by molar-refractivity contribution is 5.82. The lowest BCUT2D eigenvalue weighted by Crippen LogP contribution is -2.33. The van der Waals surface area contributed by atoms with Gasteiger partial charge in [-0.2, -0.15) is 4.98 Å². The van der Waals surface area contributed by atoms with Gasteiger partial charge in [0.05, 0.1) is 0 Å². The third-order valence-corrected chi connectivity index (χ3v) is 2.09. The molecule has 0 aliphatic carbocycles. The molecule has 1 heterocycles. The number of amides is 1. The Labute approximate surface area is 94.7 Å². The van der Waals surface area contributed by atoms with Crippen molar-refractivity contribution in [3.63, 3.8) is 0 Å². The lowest BCUT2D eigenvalue weighted by atomic mass is 10.3. The van der Waals surface area contributed by atoms with Crippen LogP contribution in [0.15, 0.2) is 6.20 Å². The fourth-order valence-electron chi connectivity index (χ4n) is 1.11. The van der Waals surface area contributed by atoms with Crippen LogP contribution in [0.3, 0.4) is 0 Å². The van der Waals surface area contributed by atoms with Crippen molar-refractivity contribution in [3.05, 3.63) is 11.8 Å². The first-order valence-corrected chi connectivity index (χ1v) is 5.18. The van der Waals surface area contributed by atoms with Crippen molar-refractivity contribution < 1.29 is 4.79 Å². The van der Waals surface area contributed by atoms with Crippen molar-refractivity contribution in [2.45, 2.75) is 26.8 Å². The van der Waals surface area contributed by atoms with E-state index in [1.165, 1.54) is 0 Å². The van der Waals surface area contributed by atoms with Gasteiger partial charge in [-0.25, -0.2) is 4.98 Å². The van der Waals surface area contributed by atoms with Gasteiger partial charge >= 0.3 is 0 Å². The lowest BCUT2D eigenvalue weighted by molar-refractivity contribution is -0.118. The number of nitrogens with two attached hydrogens (primary N) is 1. The minimum Gasteiger partial charge on any atom is -0.368 e. The molecule has 16 heavy (non-hydrogen) atoms. The lowest BCUT2D eigenvalue weighted by Gasteiger charge is -2.13. The molecule has 88 valence electrons. The first-order chi connectivity index (χ1) is 7.54. The molecule has 6 nitrogen and oxygen atoms in total. The van der Waals surface area contributed by atoms with Crippen LogP contribution >= 0.6 is 0 Å². The maximum Gasteiger partial charge on any atom is 0.239 e. The number of carbonyl (C=O) groups excluding carboxylic acids is 1. The number of primary amides is 1. The number of hydrogen-bond donors (Lipinski definition) is 3. The van der Waals surface area contributed by atoms with Crippen molar-refractivity contribution in [2.24, 2.45) is 5.73 Å².